The number of carboxylic acids is 1. The molecular formula is C17H18ClF2NO2. The molecule has 3 nitrogen and oxygen atoms in total. The maximum atomic E-state index is 14.0. The maximum absolute atomic E-state index is 14.0. The van der Waals surface area contributed by atoms with Gasteiger partial charge in [-0.05, 0) is 31.5 Å². The van der Waals surface area contributed by atoms with Gasteiger partial charge in [0.25, 0.3) is 0 Å². The van der Waals surface area contributed by atoms with E-state index >= 15 is 0 Å². The van der Waals surface area contributed by atoms with Crippen molar-refractivity contribution >= 4 is 28.9 Å². The van der Waals surface area contributed by atoms with E-state index in [9.17, 15) is 13.6 Å². The molecule has 0 aliphatic rings. The molecule has 0 amide bonds. The molecule has 0 unspecified atom stereocenters. The van der Waals surface area contributed by atoms with E-state index in [1.54, 1.807) is 19.1 Å². The van der Waals surface area contributed by atoms with Crippen LogP contribution in [0.3, 0.4) is 0 Å². The van der Waals surface area contributed by atoms with Crippen LogP contribution in [-0.4, -0.2) is 11.1 Å². The summed E-state index contributed by atoms with van der Waals surface area (Å²) in [7, 11) is 0. The Morgan fingerprint density at radius 2 is 1.74 bits per heavy atom. The summed E-state index contributed by atoms with van der Waals surface area (Å²) in [4.78, 5) is 11.2. The number of aromatic carboxylic acids is 1. The fourth-order valence-corrected chi connectivity index (χ4v) is 2.17. The third-order valence-electron chi connectivity index (χ3n) is 3.03. The van der Waals surface area contributed by atoms with E-state index in [4.69, 9.17) is 16.7 Å². The minimum atomic E-state index is -1.40. The maximum Gasteiger partial charge on any atom is 0.337 e. The largest absolute Gasteiger partial charge is 0.478 e. The number of nitrogens with one attached hydrogen (secondary N) is 1. The van der Waals surface area contributed by atoms with Gasteiger partial charge in [0.2, 0.25) is 0 Å². The van der Waals surface area contributed by atoms with Gasteiger partial charge in [0.15, 0.2) is 11.6 Å². The minimum Gasteiger partial charge on any atom is -0.478 e. The van der Waals surface area contributed by atoms with E-state index in [1.165, 1.54) is 0 Å². The van der Waals surface area contributed by atoms with Crippen LogP contribution in [0.15, 0.2) is 24.3 Å². The Balaban J connectivity index is 0.00000127. The Labute approximate surface area is 138 Å². The first kappa shape index (κ1) is 18.9. The molecule has 2 rings (SSSR count). The van der Waals surface area contributed by atoms with Crippen LogP contribution in [0.1, 0.15) is 35.3 Å². The SMILES string of the molecule is CC.Cc1ccc(Nc2c(C(=O)O)cc(Cl)c(F)c2F)c(C)c1. The molecule has 124 valence electrons. The Kier molecular flexibility index (Phi) is 6.51. The fourth-order valence-electron chi connectivity index (χ4n) is 1.97. The quantitative estimate of drug-likeness (QED) is 0.704. The van der Waals surface area contributed by atoms with Gasteiger partial charge in [0.1, 0.15) is 0 Å². The molecule has 0 saturated heterocycles. The van der Waals surface area contributed by atoms with Crippen LogP contribution in [0, 0.1) is 25.5 Å². The summed E-state index contributed by atoms with van der Waals surface area (Å²) >= 11 is 5.48. The minimum absolute atomic E-state index is 0.432. The molecule has 6 heteroatoms. The van der Waals surface area contributed by atoms with Gasteiger partial charge in [-0.2, -0.15) is 0 Å². The molecular weight excluding hydrogens is 324 g/mol. The number of rotatable bonds is 3. The van der Waals surface area contributed by atoms with Crippen LogP contribution in [0.5, 0.6) is 0 Å². The highest BCUT2D eigenvalue weighted by Gasteiger charge is 2.22. The van der Waals surface area contributed by atoms with Gasteiger partial charge in [-0.3, -0.25) is 0 Å². The summed E-state index contributed by atoms with van der Waals surface area (Å²) in [5.74, 6) is -4.00. The van der Waals surface area contributed by atoms with Gasteiger partial charge in [-0.15, -0.1) is 0 Å². The number of benzene rings is 2. The molecule has 2 N–H and O–H groups in total. The predicted molar refractivity (Wildman–Crippen MR) is 88.9 cm³/mol. The van der Waals surface area contributed by atoms with Crippen LogP contribution in [0.4, 0.5) is 20.2 Å². The molecule has 0 aliphatic carbocycles. The third kappa shape index (κ3) is 4.20. The average Bonchev–Trinajstić information content (AvgIpc) is 2.51. The Morgan fingerprint density at radius 1 is 1.13 bits per heavy atom. The van der Waals surface area contributed by atoms with E-state index in [2.05, 4.69) is 5.32 Å². The van der Waals surface area contributed by atoms with Gasteiger partial charge in [-0.1, -0.05) is 43.1 Å². The van der Waals surface area contributed by atoms with Crippen molar-refractivity contribution in [3.63, 3.8) is 0 Å². The number of hydrogen-bond acceptors (Lipinski definition) is 2. The van der Waals surface area contributed by atoms with Gasteiger partial charge in [0, 0.05) is 5.69 Å². The Bertz CT molecular complexity index is 733. The van der Waals surface area contributed by atoms with Crippen LogP contribution >= 0.6 is 11.6 Å². The van der Waals surface area contributed by atoms with Crippen LogP contribution in [0.2, 0.25) is 5.02 Å². The molecule has 0 radical (unpaired) electrons. The second-order valence-electron chi connectivity index (χ2n) is 4.66. The lowest BCUT2D eigenvalue weighted by molar-refractivity contribution is 0.0697. The van der Waals surface area contributed by atoms with E-state index in [0.29, 0.717) is 5.69 Å². The summed E-state index contributed by atoms with van der Waals surface area (Å²) in [6.07, 6.45) is 0. The number of hydrogen-bond donors (Lipinski definition) is 2. The molecule has 23 heavy (non-hydrogen) atoms. The summed E-state index contributed by atoms with van der Waals surface area (Å²) in [5, 5.41) is 11.2. The molecule has 0 aromatic heterocycles. The van der Waals surface area contributed by atoms with Crippen molar-refractivity contribution in [3.05, 3.63) is 57.6 Å². The van der Waals surface area contributed by atoms with Gasteiger partial charge in [0.05, 0.1) is 16.3 Å². The Hall–Kier alpha value is -2.14. The molecule has 0 spiro atoms. The topological polar surface area (TPSA) is 49.3 Å². The molecule has 0 heterocycles. The molecule has 0 bridgehead atoms. The highest BCUT2D eigenvalue weighted by atomic mass is 35.5. The number of carboxylic acid groups (broad SMARTS) is 1. The van der Waals surface area contributed by atoms with Crippen molar-refractivity contribution in [2.24, 2.45) is 0 Å². The lowest BCUT2D eigenvalue weighted by Gasteiger charge is -2.14. The van der Waals surface area contributed by atoms with Crippen LogP contribution in [-0.2, 0) is 0 Å². The normalized spacial score (nSPS) is 9.87. The fraction of sp³-hybridized carbons (Fsp3) is 0.235. The highest BCUT2D eigenvalue weighted by molar-refractivity contribution is 6.31. The van der Waals surface area contributed by atoms with Crippen LogP contribution in [0.25, 0.3) is 0 Å². The molecule has 0 atom stereocenters. The van der Waals surface area contributed by atoms with E-state index in [0.717, 1.165) is 17.2 Å². The van der Waals surface area contributed by atoms with Crippen molar-refractivity contribution in [1.29, 1.82) is 0 Å². The van der Waals surface area contributed by atoms with E-state index in [-0.39, 0.29) is 0 Å². The zero-order valence-corrected chi connectivity index (χ0v) is 14.1. The highest BCUT2D eigenvalue weighted by Crippen LogP contribution is 2.32. The third-order valence-corrected chi connectivity index (χ3v) is 3.31. The van der Waals surface area contributed by atoms with Crippen molar-refractivity contribution in [3.8, 4) is 0 Å². The van der Waals surface area contributed by atoms with E-state index in [1.807, 2.05) is 26.8 Å². The summed E-state index contributed by atoms with van der Waals surface area (Å²) in [6, 6.07) is 6.17. The first-order valence-electron chi connectivity index (χ1n) is 7.06. The standard InChI is InChI=1S/C15H12ClF2NO2.C2H6/c1-7-3-4-11(8(2)5-7)19-14-9(15(20)21)6-10(16)12(17)13(14)18;1-2/h3-6,19H,1-2H3,(H,20,21);1-2H3. The zero-order chi connectivity index (χ0) is 17.7. The second-order valence-corrected chi connectivity index (χ2v) is 5.06. The number of aryl methyl sites for hydroxylation is 2. The van der Waals surface area contributed by atoms with Crippen molar-refractivity contribution in [2.75, 3.05) is 5.32 Å². The predicted octanol–water partition coefficient (Wildman–Crippen LogP) is 5.70. The summed E-state index contributed by atoms with van der Waals surface area (Å²) in [6.45, 7) is 7.67. The van der Waals surface area contributed by atoms with Crippen molar-refractivity contribution in [1.82, 2.24) is 0 Å². The number of anilines is 2. The first-order valence-corrected chi connectivity index (χ1v) is 7.44. The van der Waals surface area contributed by atoms with Gasteiger partial charge >= 0.3 is 5.97 Å². The van der Waals surface area contributed by atoms with Gasteiger partial charge in [-0.25, -0.2) is 13.6 Å². The number of carbonyl (C=O) groups is 1. The molecule has 0 aliphatic heterocycles. The van der Waals surface area contributed by atoms with Crippen molar-refractivity contribution in [2.45, 2.75) is 27.7 Å². The smallest absolute Gasteiger partial charge is 0.337 e. The molecule has 2 aromatic rings. The Morgan fingerprint density at radius 3 is 2.26 bits per heavy atom. The molecule has 2 aromatic carbocycles. The lowest BCUT2D eigenvalue weighted by Crippen LogP contribution is -2.08. The summed E-state index contributed by atoms with van der Waals surface area (Å²) in [5.41, 5.74) is 1.39. The average molecular weight is 342 g/mol. The van der Waals surface area contributed by atoms with Gasteiger partial charge < -0.3 is 10.4 Å². The summed E-state index contributed by atoms with van der Waals surface area (Å²) < 4.78 is 27.6. The lowest BCUT2D eigenvalue weighted by atomic mass is 10.1. The first-order chi connectivity index (χ1) is 10.8. The van der Waals surface area contributed by atoms with E-state index < -0.39 is 33.9 Å². The number of halogens is 3. The van der Waals surface area contributed by atoms with Crippen LogP contribution < -0.4 is 5.32 Å². The second kappa shape index (κ2) is 7.92. The molecule has 0 saturated carbocycles. The monoisotopic (exact) mass is 341 g/mol. The molecule has 0 fully saturated rings. The zero-order valence-electron chi connectivity index (χ0n) is 13.3. The van der Waals surface area contributed by atoms with Crippen molar-refractivity contribution < 1.29 is 18.7 Å².